The lowest BCUT2D eigenvalue weighted by Crippen LogP contribution is -2.69. The summed E-state index contributed by atoms with van der Waals surface area (Å²) in [4.78, 5) is 38.4. The molecule has 156 valence electrons. The smallest absolute Gasteiger partial charge is 0.411 e. The monoisotopic (exact) mass is 389 g/mol. The van der Waals surface area contributed by atoms with Gasteiger partial charge in [-0.1, -0.05) is 13.8 Å². The van der Waals surface area contributed by atoms with E-state index >= 15 is 0 Å². The Morgan fingerprint density at radius 2 is 1.78 bits per heavy atom. The summed E-state index contributed by atoms with van der Waals surface area (Å²) in [7, 11) is 0. The molecule has 0 aromatic rings. The summed E-state index contributed by atoms with van der Waals surface area (Å²) >= 11 is 0. The second-order valence-corrected chi connectivity index (χ2v) is 7.92. The van der Waals surface area contributed by atoms with Crippen molar-refractivity contribution >= 4 is 18.0 Å². The van der Waals surface area contributed by atoms with Gasteiger partial charge in [-0.2, -0.15) is 0 Å². The number of likely N-dealkylation sites (tertiary alicyclic amines) is 1. The first-order chi connectivity index (χ1) is 12.3. The molecule has 27 heavy (non-hydrogen) atoms. The fourth-order valence-corrected chi connectivity index (χ4v) is 3.26. The Morgan fingerprint density at radius 1 is 1.22 bits per heavy atom. The van der Waals surface area contributed by atoms with E-state index < -0.39 is 53.4 Å². The van der Waals surface area contributed by atoms with Gasteiger partial charge in [-0.3, -0.25) is 9.69 Å². The van der Waals surface area contributed by atoms with Crippen molar-refractivity contribution in [2.45, 2.75) is 77.9 Å². The fourth-order valence-electron chi connectivity index (χ4n) is 3.26. The lowest BCUT2D eigenvalue weighted by atomic mass is 9.80. The predicted octanol–water partition coefficient (Wildman–Crippen LogP) is 0.848. The Morgan fingerprint density at radius 3 is 2.19 bits per heavy atom. The summed E-state index contributed by atoms with van der Waals surface area (Å²) in [6.07, 6.45) is -5.35. The number of hydrogen-bond donors (Lipinski definition) is 2. The zero-order valence-corrected chi connectivity index (χ0v) is 17.0. The molecule has 9 heteroatoms. The van der Waals surface area contributed by atoms with Gasteiger partial charge in [0, 0.05) is 6.92 Å². The number of aliphatic hydroxyl groups is 2. The molecule has 0 bridgehead atoms. The number of amides is 1. The molecular weight excluding hydrogens is 358 g/mol. The number of rotatable bonds is 5. The molecule has 0 saturated carbocycles. The highest BCUT2D eigenvalue weighted by atomic mass is 16.6. The van der Waals surface area contributed by atoms with Crippen LogP contribution in [0.1, 0.15) is 48.5 Å². The van der Waals surface area contributed by atoms with Crippen LogP contribution in [0.2, 0.25) is 0 Å². The van der Waals surface area contributed by atoms with Crippen LogP contribution in [0.5, 0.6) is 0 Å². The third-order valence-electron chi connectivity index (χ3n) is 4.18. The molecule has 0 aromatic carbocycles. The summed E-state index contributed by atoms with van der Waals surface area (Å²) < 4.78 is 15.8. The first kappa shape index (κ1) is 23.2. The van der Waals surface area contributed by atoms with E-state index in [9.17, 15) is 24.6 Å². The third-order valence-corrected chi connectivity index (χ3v) is 4.18. The molecule has 1 saturated heterocycles. The summed E-state index contributed by atoms with van der Waals surface area (Å²) in [6, 6.07) is 0. The molecule has 0 aliphatic carbocycles. The Labute approximate surface area is 159 Å². The number of nitrogens with zero attached hydrogens (tertiary/aromatic N) is 1. The minimum absolute atomic E-state index is 0.0313. The average molecular weight is 389 g/mol. The van der Waals surface area contributed by atoms with Crippen LogP contribution < -0.4 is 0 Å². The molecule has 1 fully saturated rings. The molecule has 0 unspecified atom stereocenters. The van der Waals surface area contributed by atoms with Crippen LogP contribution >= 0.6 is 0 Å². The van der Waals surface area contributed by atoms with Gasteiger partial charge in [-0.15, -0.1) is 0 Å². The molecule has 0 spiro atoms. The van der Waals surface area contributed by atoms with Crippen molar-refractivity contribution in [2.24, 2.45) is 5.92 Å². The zero-order valence-electron chi connectivity index (χ0n) is 17.0. The highest BCUT2D eigenvalue weighted by molar-refractivity contribution is 5.89. The van der Waals surface area contributed by atoms with E-state index in [-0.39, 0.29) is 13.2 Å². The number of carbonyl (C=O) groups is 3. The van der Waals surface area contributed by atoms with E-state index in [1.165, 1.54) is 0 Å². The van der Waals surface area contributed by atoms with Gasteiger partial charge in [0.2, 0.25) is 5.54 Å². The number of esters is 2. The molecule has 1 aliphatic heterocycles. The van der Waals surface area contributed by atoms with Gasteiger partial charge in [0.15, 0.2) is 0 Å². The Hall–Kier alpha value is -1.87. The van der Waals surface area contributed by atoms with E-state index in [1.54, 1.807) is 41.5 Å². The largest absolute Gasteiger partial charge is 0.464 e. The Balaban J connectivity index is 3.59. The van der Waals surface area contributed by atoms with Crippen molar-refractivity contribution in [3.8, 4) is 0 Å². The van der Waals surface area contributed by atoms with Crippen molar-refractivity contribution in [3.63, 3.8) is 0 Å². The zero-order chi connectivity index (χ0) is 21.2. The number of aliphatic hydroxyl groups excluding tert-OH is 2. The number of β-amino-alcohol motifs (C(OH)–C–C–N with tert-alkyl or cyclic N) is 1. The summed E-state index contributed by atoms with van der Waals surface area (Å²) in [5.74, 6) is -2.15. The van der Waals surface area contributed by atoms with Crippen LogP contribution in [0.4, 0.5) is 4.79 Å². The van der Waals surface area contributed by atoms with Crippen LogP contribution in [0.25, 0.3) is 0 Å². The van der Waals surface area contributed by atoms with Crippen LogP contribution in [0.3, 0.4) is 0 Å². The van der Waals surface area contributed by atoms with Gasteiger partial charge in [0.05, 0.1) is 13.2 Å². The lowest BCUT2D eigenvalue weighted by molar-refractivity contribution is -0.186. The first-order valence-corrected chi connectivity index (χ1v) is 9.00. The highest BCUT2D eigenvalue weighted by Crippen LogP contribution is 2.40. The second kappa shape index (κ2) is 8.43. The van der Waals surface area contributed by atoms with Gasteiger partial charge in [0.25, 0.3) is 0 Å². The summed E-state index contributed by atoms with van der Waals surface area (Å²) in [5.41, 5.74) is -3.01. The van der Waals surface area contributed by atoms with Crippen molar-refractivity contribution in [1.29, 1.82) is 0 Å². The van der Waals surface area contributed by atoms with E-state index in [0.717, 1.165) is 11.8 Å². The van der Waals surface area contributed by atoms with Gasteiger partial charge < -0.3 is 24.4 Å². The minimum atomic E-state index is -2.13. The molecule has 0 radical (unpaired) electrons. The maximum absolute atomic E-state index is 13.0. The highest BCUT2D eigenvalue weighted by Gasteiger charge is 2.67. The SMILES string of the molecule is CCOC(=O)[C@@]1([C@@H](OC(C)=O)C(C)C)[C@@H](O)[C@@H](O)CN1C(=O)OC(C)(C)C. The summed E-state index contributed by atoms with van der Waals surface area (Å²) in [6.45, 7) is 10.6. The van der Waals surface area contributed by atoms with Crippen LogP contribution in [0.15, 0.2) is 0 Å². The summed E-state index contributed by atoms with van der Waals surface area (Å²) in [5, 5.41) is 21.0. The van der Waals surface area contributed by atoms with Crippen LogP contribution in [0, 0.1) is 5.92 Å². The number of ether oxygens (including phenoxy) is 3. The normalized spacial score (nSPS) is 26.7. The Kier molecular flexibility index (Phi) is 7.24. The van der Waals surface area contributed by atoms with Gasteiger partial charge >= 0.3 is 18.0 Å². The van der Waals surface area contributed by atoms with Gasteiger partial charge in [-0.25, -0.2) is 9.59 Å². The molecule has 4 atom stereocenters. The molecule has 2 N–H and O–H groups in total. The average Bonchev–Trinajstić information content (AvgIpc) is 2.76. The quantitative estimate of drug-likeness (QED) is 0.524. The molecule has 1 amide bonds. The number of hydrogen-bond acceptors (Lipinski definition) is 8. The van der Waals surface area contributed by atoms with E-state index in [1.807, 2.05) is 0 Å². The van der Waals surface area contributed by atoms with Crippen LogP contribution in [-0.4, -0.2) is 75.7 Å². The Bertz CT molecular complexity index is 570. The molecule has 9 nitrogen and oxygen atoms in total. The molecule has 1 rings (SSSR count). The molecular formula is C18H31NO8. The fraction of sp³-hybridized carbons (Fsp3) is 0.833. The lowest BCUT2D eigenvalue weighted by Gasteiger charge is -2.44. The minimum Gasteiger partial charge on any atom is -0.464 e. The van der Waals surface area contributed by atoms with Gasteiger partial charge in [-0.05, 0) is 33.6 Å². The van der Waals surface area contributed by atoms with Crippen molar-refractivity contribution in [3.05, 3.63) is 0 Å². The topological polar surface area (TPSA) is 123 Å². The predicted molar refractivity (Wildman–Crippen MR) is 94.7 cm³/mol. The van der Waals surface area contributed by atoms with Crippen molar-refractivity contribution in [2.75, 3.05) is 13.2 Å². The maximum Gasteiger partial charge on any atom is 0.411 e. The third kappa shape index (κ3) is 4.70. The molecule has 0 aromatic heterocycles. The van der Waals surface area contributed by atoms with E-state index in [4.69, 9.17) is 14.2 Å². The van der Waals surface area contributed by atoms with E-state index in [0.29, 0.717) is 0 Å². The maximum atomic E-state index is 13.0. The molecule has 1 aliphatic rings. The van der Waals surface area contributed by atoms with E-state index in [2.05, 4.69) is 0 Å². The molecule has 1 heterocycles. The first-order valence-electron chi connectivity index (χ1n) is 9.00. The van der Waals surface area contributed by atoms with Crippen molar-refractivity contribution < 1.29 is 38.8 Å². The number of carbonyl (C=O) groups excluding carboxylic acids is 3. The second-order valence-electron chi connectivity index (χ2n) is 7.92. The van der Waals surface area contributed by atoms with Crippen molar-refractivity contribution in [1.82, 2.24) is 4.90 Å². The standard InChI is InChI=1S/C18H31NO8/c1-8-25-15(23)18(14(10(2)3)26-11(4)20)13(22)12(21)9-19(18)16(24)27-17(5,6)7/h10,12-14,21-22H,8-9H2,1-7H3/t12-,13-,14-,18-/m0/s1. The van der Waals surface area contributed by atoms with Gasteiger partial charge in [0.1, 0.15) is 23.9 Å². The van der Waals surface area contributed by atoms with Crippen LogP contribution in [-0.2, 0) is 23.8 Å².